The van der Waals surface area contributed by atoms with Gasteiger partial charge in [0.25, 0.3) is 6.71 Å². The minimum absolute atomic E-state index is 0.0180. The number of aryl methyl sites for hydroxylation is 2. The van der Waals surface area contributed by atoms with E-state index in [1.165, 1.54) is 117 Å². The van der Waals surface area contributed by atoms with E-state index in [4.69, 9.17) is 0 Å². The molecule has 0 atom stereocenters. The zero-order valence-electron chi connectivity index (χ0n) is 39.5. The van der Waals surface area contributed by atoms with E-state index in [9.17, 15) is 0 Å². The summed E-state index contributed by atoms with van der Waals surface area (Å²) in [5, 5.41) is 0. The Bertz CT molecular complexity index is 3060. The zero-order chi connectivity index (χ0) is 44.1. The molecule has 0 N–H and O–H groups in total. The monoisotopic (exact) mass is 820 g/mol. The van der Waals surface area contributed by atoms with Gasteiger partial charge >= 0.3 is 0 Å². The molecule has 0 amide bonds. The van der Waals surface area contributed by atoms with E-state index >= 15 is 0 Å². The summed E-state index contributed by atoms with van der Waals surface area (Å²) >= 11 is 0. The number of fused-ring (bicyclic) bond motifs is 8. The first kappa shape index (κ1) is 40.0. The second kappa shape index (κ2) is 13.4. The van der Waals surface area contributed by atoms with Crippen molar-refractivity contribution in [3.05, 3.63) is 172 Å². The van der Waals surface area contributed by atoms with Gasteiger partial charge in [0.1, 0.15) is 0 Å². The average molecular weight is 821 g/mol. The largest absolute Gasteiger partial charge is 0.311 e. The first-order valence-electron chi connectivity index (χ1n) is 23.3. The Hall–Kier alpha value is -5.80. The third-order valence-electron chi connectivity index (χ3n) is 15.1. The van der Waals surface area contributed by atoms with Gasteiger partial charge in [0.05, 0.1) is 5.69 Å². The Balaban J connectivity index is 1.28. The number of benzene rings is 7. The van der Waals surface area contributed by atoms with Crippen LogP contribution in [0.2, 0.25) is 0 Å². The standard InChI is InChI=1S/C60H61BN2/c1-36-26-54-56-55(27-36)63(52-32-42(58(6,7)8)30-44-43-21-17-16-20-40(43)28-45(44)52)53-34-47-46(59(9,10)35-60(47,11)12)33-49(53)61(56)48-31-41(57(3,4)5)24-25-50(48)62(54)51-29-39(23-22-37(51)2)38-18-14-13-15-19-38/h13-27,29-34H,28,35H2,1-12H3. The van der Waals surface area contributed by atoms with Crippen molar-refractivity contribution in [2.75, 3.05) is 9.80 Å². The number of nitrogens with zero attached hydrogens (tertiary/aromatic N) is 2. The van der Waals surface area contributed by atoms with Gasteiger partial charge in [0.15, 0.2) is 0 Å². The van der Waals surface area contributed by atoms with Crippen molar-refractivity contribution in [3.8, 4) is 22.3 Å². The van der Waals surface area contributed by atoms with Crippen LogP contribution >= 0.6 is 0 Å². The maximum atomic E-state index is 2.74. The molecule has 7 aromatic carbocycles. The van der Waals surface area contributed by atoms with Gasteiger partial charge in [-0.15, -0.1) is 0 Å². The Morgan fingerprint density at radius 3 is 1.83 bits per heavy atom. The van der Waals surface area contributed by atoms with E-state index in [2.05, 4.69) is 220 Å². The molecule has 0 saturated heterocycles. The molecule has 0 unspecified atom stereocenters. The number of rotatable bonds is 3. The molecule has 0 bridgehead atoms. The molecule has 63 heavy (non-hydrogen) atoms. The van der Waals surface area contributed by atoms with E-state index in [0.717, 1.165) is 12.8 Å². The maximum Gasteiger partial charge on any atom is 0.252 e. The van der Waals surface area contributed by atoms with Gasteiger partial charge in [-0.1, -0.05) is 160 Å². The summed E-state index contributed by atoms with van der Waals surface area (Å²) in [7, 11) is 0. The van der Waals surface area contributed by atoms with Gasteiger partial charge < -0.3 is 9.80 Å². The topological polar surface area (TPSA) is 6.48 Å². The summed E-state index contributed by atoms with van der Waals surface area (Å²) in [6.07, 6.45) is 2.05. The van der Waals surface area contributed by atoms with Crippen molar-refractivity contribution in [3.63, 3.8) is 0 Å². The van der Waals surface area contributed by atoms with Crippen LogP contribution < -0.4 is 26.2 Å². The summed E-state index contributed by atoms with van der Waals surface area (Å²) < 4.78 is 0. The lowest BCUT2D eigenvalue weighted by molar-refractivity contribution is 0.403. The van der Waals surface area contributed by atoms with Crippen LogP contribution in [-0.2, 0) is 28.1 Å². The predicted octanol–water partition coefficient (Wildman–Crippen LogP) is 14.2. The van der Waals surface area contributed by atoms with Crippen molar-refractivity contribution in [1.82, 2.24) is 0 Å². The minimum atomic E-state index is -0.0428. The van der Waals surface area contributed by atoms with Crippen LogP contribution in [-0.4, -0.2) is 6.71 Å². The number of hydrogen-bond donors (Lipinski definition) is 0. The van der Waals surface area contributed by atoms with Gasteiger partial charge in [-0.2, -0.15) is 0 Å². The first-order valence-corrected chi connectivity index (χ1v) is 23.3. The van der Waals surface area contributed by atoms with Crippen LogP contribution in [0.3, 0.4) is 0 Å². The molecule has 0 radical (unpaired) electrons. The minimum Gasteiger partial charge on any atom is -0.311 e. The highest BCUT2D eigenvalue weighted by atomic mass is 15.2. The zero-order valence-corrected chi connectivity index (χ0v) is 39.5. The molecule has 2 aliphatic heterocycles. The van der Waals surface area contributed by atoms with Crippen LogP contribution in [0, 0.1) is 13.8 Å². The molecule has 11 rings (SSSR count). The summed E-state index contributed by atoms with van der Waals surface area (Å²) in [5.74, 6) is 0. The van der Waals surface area contributed by atoms with Crippen molar-refractivity contribution in [2.45, 2.75) is 118 Å². The highest BCUT2D eigenvalue weighted by Gasteiger charge is 2.49. The quantitative estimate of drug-likeness (QED) is 0.164. The van der Waals surface area contributed by atoms with Gasteiger partial charge in [-0.3, -0.25) is 0 Å². The van der Waals surface area contributed by atoms with Crippen molar-refractivity contribution in [1.29, 1.82) is 0 Å². The fourth-order valence-electron chi connectivity index (χ4n) is 12.1. The van der Waals surface area contributed by atoms with Crippen molar-refractivity contribution >= 4 is 57.2 Å². The van der Waals surface area contributed by atoms with Crippen LogP contribution in [0.4, 0.5) is 34.1 Å². The van der Waals surface area contributed by atoms with E-state index in [1.54, 1.807) is 0 Å². The first-order chi connectivity index (χ1) is 29.8. The normalized spacial score (nSPS) is 16.3. The molecule has 0 spiro atoms. The molecule has 0 saturated carbocycles. The molecule has 2 aliphatic carbocycles. The highest BCUT2D eigenvalue weighted by Crippen LogP contribution is 2.55. The third-order valence-corrected chi connectivity index (χ3v) is 15.1. The third kappa shape index (κ3) is 6.05. The fraction of sp³-hybridized carbons (Fsp3) is 0.300. The van der Waals surface area contributed by atoms with E-state index < -0.39 is 0 Å². The van der Waals surface area contributed by atoms with Gasteiger partial charge in [-0.05, 0) is 161 Å². The maximum absolute atomic E-state index is 2.74. The second-order valence-electron chi connectivity index (χ2n) is 22.7. The molecular weight excluding hydrogens is 759 g/mol. The van der Waals surface area contributed by atoms with E-state index in [0.29, 0.717) is 0 Å². The highest BCUT2D eigenvalue weighted by molar-refractivity contribution is 7.00. The Labute approximate surface area is 377 Å². The Morgan fingerprint density at radius 2 is 1.13 bits per heavy atom. The molecular formula is C60H61BN2. The van der Waals surface area contributed by atoms with E-state index in [1.807, 2.05) is 0 Å². The molecule has 314 valence electrons. The van der Waals surface area contributed by atoms with Crippen LogP contribution in [0.25, 0.3) is 22.3 Å². The van der Waals surface area contributed by atoms with Crippen LogP contribution in [0.1, 0.15) is 120 Å². The molecule has 3 heteroatoms. The Kier molecular flexibility index (Phi) is 8.49. The Morgan fingerprint density at radius 1 is 0.492 bits per heavy atom. The number of anilines is 6. The lowest BCUT2D eigenvalue weighted by atomic mass is 9.33. The van der Waals surface area contributed by atoms with Crippen LogP contribution in [0.5, 0.6) is 0 Å². The van der Waals surface area contributed by atoms with E-state index in [-0.39, 0.29) is 28.4 Å². The molecule has 0 fully saturated rings. The second-order valence-corrected chi connectivity index (χ2v) is 22.7. The summed E-state index contributed by atoms with van der Waals surface area (Å²) in [6.45, 7) is 28.7. The average Bonchev–Trinajstić information content (AvgIpc) is 3.69. The van der Waals surface area contributed by atoms with Crippen LogP contribution in [0.15, 0.2) is 127 Å². The summed E-state index contributed by atoms with van der Waals surface area (Å²) in [6, 6.07) is 49.8. The van der Waals surface area contributed by atoms with Crippen molar-refractivity contribution < 1.29 is 0 Å². The lowest BCUT2D eigenvalue weighted by Crippen LogP contribution is -2.62. The van der Waals surface area contributed by atoms with Gasteiger partial charge in [0.2, 0.25) is 0 Å². The number of hydrogen-bond acceptors (Lipinski definition) is 2. The molecule has 0 aromatic heterocycles. The lowest BCUT2D eigenvalue weighted by Gasteiger charge is -2.46. The van der Waals surface area contributed by atoms with Gasteiger partial charge in [0, 0.05) is 34.9 Å². The predicted molar refractivity (Wildman–Crippen MR) is 272 cm³/mol. The summed E-state index contributed by atoms with van der Waals surface area (Å²) in [4.78, 5) is 5.37. The van der Waals surface area contributed by atoms with Gasteiger partial charge in [-0.25, -0.2) is 0 Å². The smallest absolute Gasteiger partial charge is 0.252 e. The SMILES string of the molecule is Cc1cc2c3c(c1)N(c1cc(C(C)(C)C)cc4c1Cc1ccccc1-4)c1cc4c(cc1B3c1cc(C(C)(C)C)ccc1N2c1cc(-c2ccccc2)ccc1C)C(C)(C)CC4(C)C. The molecule has 2 heterocycles. The molecule has 7 aromatic rings. The summed E-state index contributed by atoms with van der Waals surface area (Å²) in [5.41, 5.74) is 28.3. The molecule has 2 nitrogen and oxygen atoms in total. The molecule has 4 aliphatic rings. The van der Waals surface area contributed by atoms with Crippen molar-refractivity contribution in [2.24, 2.45) is 0 Å². The fourth-order valence-corrected chi connectivity index (χ4v) is 12.1.